The molecule has 1 aliphatic rings. The summed E-state index contributed by atoms with van der Waals surface area (Å²) in [5.41, 5.74) is 9.40. The summed E-state index contributed by atoms with van der Waals surface area (Å²) in [5, 5.41) is 5.31. The molecule has 0 aliphatic heterocycles. The molecule has 1 nitrogen and oxygen atoms in total. The van der Waals surface area contributed by atoms with Crippen molar-refractivity contribution >= 4 is 38.6 Å². The summed E-state index contributed by atoms with van der Waals surface area (Å²) in [4.78, 5) is 0. The second kappa shape index (κ2) is 15.3. The van der Waals surface area contributed by atoms with Gasteiger partial charge in [-0.05, 0) is 22.8 Å². The molecule has 0 amide bonds. The molecule has 0 aromatic heterocycles. The fourth-order valence-electron chi connectivity index (χ4n) is 2.86. The van der Waals surface area contributed by atoms with E-state index < -0.39 is 0 Å². The molecule has 0 saturated heterocycles. The average Bonchev–Trinajstić information content (AvgIpc) is 2.97. The minimum Gasteiger partial charge on any atom is -1.00 e. The number of allylic oxidation sites excluding steroid dienone is 1. The minimum absolute atomic E-state index is 0. The van der Waals surface area contributed by atoms with Crippen molar-refractivity contribution in [1.29, 1.82) is 0 Å². The molecule has 0 heterocycles. The Kier molecular flexibility index (Phi) is 19.3. The monoisotopic (exact) mass is 453 g/mol. The summed E-state index contributed by atoms with van der Waals surface area (Å²) in [6.07, 6.45) is 5.53. The predicted octanol–water partition coefficient (Wildman–Crippen LogP) is -0.736. The number of rotatable bonds is 0. The molecule has 0 saturated carbocycles. The Morgan fingerprint density at radius 2 is 1.44 bits per heavy atom. The third-order valence-corrected chi connectivity index (χ3v) is 3.60. The average molecular weight is 454 g/mol. The molecule has 0 spiro atoms. The van der Waals surface area contributed by atoms with E-state index in [4.69, 9.17) is 5.73 Å². The van der Waals surface area contributed by atoms with Crippen LogP contribution in [0, 0.1) is 20.9 Å². The van der Waals surface area contributed by atoms with Gasteiger partial charge < -0.3 is 45.4 Å². The Balaban J connectivity index is -0.000000245. The summed E-state index contributed by atoms with van der Waals surface area (Å²) < 4.78 is 0. The SMILES string of the molecule is CC(C)[NH-].[CH3-].[CH3-].[Cl-].[Cl-].[SiH4].[Ti+2].[c-]1cccc2c1c1c(c3ccccc32)C=CC1. The van der Waals surface area contributed by atoms with Crippen LogP contribution < -0.4 is 24.8 Å². The van der Waals surface area contributed by atoms with Crippen molar-refractivity contribution < 1.29 is 46.5 Å². The van der Waals surface area contributed by atoms with E-state index in [1.165, 1.54) is 32.7 Å². The van der Waals surface area contributed by atoms with Crippen LogP contribution in [0.3, 0.4) is 0 Å². The number of benzene rings is 3. The van der Waals surface area contributed by atoms with E-state index in [2.05, 4.69) is 54.6 Å². The third kappa shape index (κ3) is 7.38. The Morgan fingerprint density at radius 1 is 0.926 bits per heavy atom. The van der Waals surface area contributed by atoms with Crippen LogP contribution in [0.4, 0.5) is 0 Å². The van der Waals surface area contributed by atoms with Crippen molar-refractivity contribution in [1.82, 2.24) is 0 Å². The molecule has 0 fully saturated rings. The first-order valence-corrected chi connectivity index (χ1v) is 7.40. The van der Waals surface area contributed by atoms with Crippen molar-refractivity contribution in [3.05, 3.63) is 86.3 Å². The fourth-order valence-corrected chi connectivity index (χ4v) is 2.86. The van der Waals surface area contributed by atoms with E-state index >= 15 is 0 Å². The number of hydrogen-bond donors (Lipinski definition) is 0. The Hall–Kier alpha value is -0.609. The zero-order valence-electron chi connectivity index (χ0n) is 15.7. The van der Waals surface area contributed by atoms with Gasteiger partial charge in [-0.1, -0.05) is 61.2 Å². The number of hydrogen-bond acceptors (Lipinski definition) is 0. The van der Waals surface area contributed by atoms with Gasteiger partial charge in [-0.15, -0.1) is 46.6 Å². The van der Waals surface area contributed by atoms with Gasteiger partial charge in [0.15, 0.2) is 0 Å². The molecule has 0 unspecified atom stereocenters. The molecule has 5 heteroatoms. The van der Waals surface area contributed by atoms with Gasteiger partial charge in [0.2, 0.25) is 0 Å². The first-order valence-electron chi connectivity index (χ1n) is 7.40. The fraction of sp³-hybridized carbons (Fsp3) is 0.182. The number of halogens is 2. The molecular weight excluding hydrogens is 425 g/mol. The smallest absolute Gasteiger partial charge is 1.00 e. The standard InChI is InChI=1S/C17H11.C3H8N.2CH3.2ClH.H4Si.Ti/c1-3-8-14-12(6-1)13-7-2-4-9-15(13)17-11-5-10-16(14)17;1-3(2)4;;;;;;/h1-8,10H,11H2;3-4H,1-2H3;2*1H3;2*1H;1H4;/q4*-1;;;;+2/p-2. The van der Waals surface area contributed by atoms with Crippen LogP contribution in [0.2, 0.25) is 0 Å². The van der Waals surface area contributed by atoms with Gasteiger partial charge in [-0.25, -0.2) is 0 Å². The van der Waals surface area contributed by atoms with Crippen molar-refractivity contribution in [3.63, 3.8) is 0 Å². The van der Waals surface area contributed by atoms with E-state index in [0.717, 1.165) is 6.42 Å². The Bertz CT molecular complexity index is 832. The normalized spacial score (nSPS) is 9.78. The molecule has 0 bridgehead atoms. The van der Waals surface area contributed by atoms with Gasteiger partial charge in [-0.2, -0.15) is 0 Å². The third-order valence-electron chi connectivity index (χ3n) is 3.60. The quantitative estimate of drug-likeness (QED) is 0.243. The Morgan fingerprint density at radius 3 is 2.04 bits per heavy atom. The van der Waals surface area contributed by atoms with E-state index in [1.807, 2.05) is 19.9 Å². The molecule has 3 aromatic carbocycles. The van der Waals surface area contributed by atoms with Crippen LogP contribution in [-0.4, -0.2) is 17.0 Å². The molecule has 4 rings (SSSR count). The molecular formula is C22H29Cl2NSiTi-4. The molecule has 27 heavy (non-hydrogen) atoms. The van der Waals surface area contributed by atoms with Gasteiger partial charge in [0.05, 0.1) is 0 Å². The van der Waals surface area contributed by atoms with Crippen molar-refractivity contribution in [2.75, 3.05) is 0 Å². The number of nitrogens with one attached hydrogen (secondary N) is 1. The largest absolute Gasteiger partial charge is 2.00 e. The number of fused-ring (bicyclic) bond motifs is 6. The van der Waals surface area contributed by atoms with E-state index in [0.29, 0.717) is 0 Å². The van der Waals surface area contributed by atoms with Crippen molar-refractivity contribution in [3.8, 4) is 0 Å². The summed E-state index contributed by atoms with van der Waals surface area (Å²) in [6.45, 7) is 3.67. The topological polar surface area (TPSA) is 23.8 Å². The molecule has 0 atom stereocenters. The first-order chi connectivity index (χ1) is 10.2. The van der Waals surface area contributed by atoms with Gasteiger partial charge in [0.25, 0.3) is 0 Å². The second-order valence-electron chi connectivity index (χ2n) is 5.66. The summed E-state index contributed by atoms with van der Waals surface area (Å²) in [5.74, 6) is 0. The molecule has 0 radical (unpaired) electrons. The minimum atomic E-state index is 0. The zero-order chi connectivity index (χ0) is 14.8. The van der Waals surface area contributed by atoms with Crippen LogP contribution in [0.15, 0.2) is 48.5 Å². The molecule has 3 aromatic rings. The maximum absolute atomic E-state index is 6.58. The summed E-state index contributed by atoms with van der Waals surface area (Å²) in [6, 6.07) is 18.4. The maximum atomic E-state index is 6.58. The van der Waals surface area contributed by atoms with Crippen LogP contribution in [0.25, 0.3) is 33.4 Å². The molecule has 1 N–H and O–H groups in total. The molecule has 148 valence electrons. The van der Waals surface area contributed by atoms with E-state index in [1.54, 1.807) is 0 Å². The summed E-state index contributed by atoms with van der Waals surface area (Å²) in [7, 11) is 0. The van der Waals surface area contributed by atoms with Gasteiger partial charge in [0.1, 0.15) is 0 Å². The van der Waals surface area contributed by atoms with Crippen molar-refractivity contribution in [2.24, 2.45) is 0 Å². The predicted molar refractivity (Wildman–Crippen MR) is 117 cm³/mol. The van der Waals surface area contributed by atoms with Gasteiger partial charge >= 0.3 is 21.7 Å². The van der Waals surface area contributed by atoms with Crippen LogP contribution in [0.5, 0.6) is 0 Å². The molecule has 1 aliphatic carbocycles. The summed E-state index contributed by atoms with van der Waals surface area (Å²) >= 11 is 0. The van der Waals surface area contributed by atoms with Gasteiger partial charge in [0, 0.05) is 0 Å². The van der Waals surface area contributed by atoms with Crippen LogP contribution in [0.1, 0.15) is 25.0 Å². The maximum Gasteiger partial charge on any atom is 2.00 e. The van der Waals surface area contributed by atoms with Crippen molar-refractivity contribution in [2.45, 2.75) is 26.3 Å². The van der Waals surface area contributed by atoms with E-state index in [-0.39, 0.29) is 78.4 Å². The van der Waals surface area contributed by atoms with Crippen LogP contribution >= 0.6 is 0 Å². The Labute approximate surface area is 196 Å². The first kappa shape index (κ1) is 33.9. The van der Waals surface area contributed by atoms with E-state index in [9.17, 15) is 0 Å². The second-order valence-corrected chi connectivity index (χ2v) is 5.66. The van der Waals surface area contributed by atoms with Crippen LogP contribution in [-0.2, 0) is 28.1 Å². The van der Waals surface area contributed by atoms with Gasteiger partial charge in [-0.3, -0.25) is 0 Å². The zero-order valence-corrected chi connectivity index (χ0v) is 18.8.